The molecule has 8 nitrogen and oxygen atoms in total. The van der Waals surface area contributed by atoms with Crippen molar-refractivity contribution < 1.29 is 14.3 Å². The van der Waals surface area contributed by atoms with Crippen LogP contribution in [0.2, 0.25) is 0 Å². The SMILES string of the molecule is CC(C)(C)OC(=O)N1CCN(CCCNC(=O)CCc2nc3ccccc3n2-c2ccccc2)CC1. The number of hydrogen-bond donors (Lipinski definition) is 1. The molecule has 1 N–H and O–H groups in total. The van der Waals surface area contributed by atoms with Crippen LogP contribution in [0, 0.1) is 0 Å². The quantitative estimate of drug-likeness (QED) is 0.482. The van der Waals surface area contributed by atoms with Gasteiger partial charge in [-0.2, -0.15) is 0 Å². The van der Waals surface area contributed by atoms with Crippen LogP contribution in [0.25, 0.3) is 16.7 Å². The second kappa shape index (κ2) is 11.6. The number of fused-ring (bicyclic) bond motifs is 1. The van der Waals surface area contributed by atoms with Crippen molar-refractivity contribution in [3.05, 3.63) is 60.4 Å². The molecule has 1 aliphatic heterocycles. The van der Waals surface area contributed by atoms with Gasteiger partial charge in [-0.3, -0.25) is 14.3 Å². The van der Waals surface area contributed by atoms with Crippen LogP contribution in [0.1, 0.15) is 39.4 Å². The number of nitrogens with one attached hydrogen (secondary N) is 1. The summed E-state index contributed by atoms with van der Waals surface area (Å²) in [4.78, 5) is 33.6. The van der Waals surface area contributed by atoms with Gasteiger partial charge in [0.25, 0.3) is 0 Å². The zero-order chi connectivity index (χ0) is 25.5. The number of para-hydroxylation sites is 3. The van der Waals surface area contributed by atoms with Gasteiger partial charge in [-0.05, 0) is 58.0 Å². The summed E-state index contributed by atoms with van der Waals surface area (Å²) in [5.41, 5.74) is 2.56. The van der Waals surface area contributed by atoms with Crippen LogP contribution >= 0.6 is 0 Å². The number of hydrogen-bond acceptors (Lipinski definition) is 5. The van der Waals surface area contributed by atoms with E-state index in [1.165, 1.54) is 0 Å². The van der Waals surface area contributed by atoms with Crippen LogP contribution in [-0.2, 0) is 16.0 Å². The molecule has 0 aliphatic carbocycles. The molecule has 2 aromatic carbocycles. The summed E-state index contributed by atoms with van der Waals surface area (Å²) in [5, 5.41) is 3.05. The number of amides is 2. The Morgan fingerprint density at radius 3 is 2.39 bits per heavy atom. The Morgan fingerprint density at radius 1 is 0.972 bits per heavy atom. The van der Waals surface area contributed by atoms with E-state index in [1.807, 2.05) is 57.2 Å². The minimum atomic E-state index is -0.472. The molecule has 1 saturated heterocycles. The molecular formula is C28H37N5O3. The molecule has 192 valence electrons. The summed E-state index contributed by atoms with van der Waals surface area (Å²) in [6.07, 6.45) is 1.60. The predicted molar refractivity (Wildman–Crippen MR) is 141 cm³/mol. The molecule has 8 heteroatoms. The number of ether oxygens (including phenoxy) is 1. The van der Waals surface area contributed by atoms with E-state index in [9.17, 15) is 9.59 Å². The number of nitrogens with zero attached hydrogens (tertiary/aromatic N) is 4. The van der Waals surface area contributed by atoms with E-state index in [0.29, 0.717) is 32.5 Å². The average Bonchev–Trinajstić information content (AvgIpc) is 3.23. The number of piperazine rings is 1. The lowest BCUT2D eigenvalue weighted by molar-refractivity contribution is -0.121. The highest BCUT2D eigenvalue weighted by molar-refractivity contribution is 5.79. The van der Waals surface area contributed by atoms with Gasteiger partial charge in [-0.15, -0.1) is 0 Å². The number of aryl methyl sites for hydroxylation is 1. The molecule has 0 unspecified atom stereocenters. The Hall–Kier alpha value is -3.39. The zero-order valence-corrected chi connectivity index (χ0v) is 21.6. The molecule has 0 radical (unpaired) electrons. The smallest absolute Gasteiger partial charge is 0.410 e. The van der Waals surface area contributed by atoms with E-state index in [-0.39, 0.29) is 12.0 Å². The highest BCUT2D eigenvalue weighted by Crippen LogP contribution is 2.22. The maximum Gasteiger partial charge on any atom is 0.410 e. The lowest BCUT2D eigenvalue weighted by atomic mass is 10.2. The summed E-state index contributed by atoms with van der Waals surface area (Å²) in [5.74, 6) is 0.928. The van der Waals surface area contributed by atoms with E-state index in [2.05, 4.69) is 33.0 Å². The molecule has 0 atom stereocenters. The normalized spacial score (nSPS) is 14.7. The lowest BCUT2D eigenvalue weighted by Crippen LogP contribution is -2.50. The second-order valence-corrected chi connectivity index (χ2v) is 10.2. The molecule has 1 aliphatic rings. The second-order valence-electron chi connectivity index (χ2n) is 10.2. The van der Waals surface area contributed by atoms with Crippen molar-refractivity contribution in [2.45, 2.75) is 45.6 Å². The average molecular weight is 492 g/mol. The van der Waals surface area contributed by atoms with Crippen molar-refractivity contribution in [3.8, 4) is 5.69 Å². The first-order valence-corrected chi connectivity index (χ1v) is 12.8. The molecule has 1 fully saturated rings. The monoisotopic (exact) mass is 491 g/mol. The minimum absolute atomic E-state index is 0.0383. The van der Waals surface area contributed by atoms with Gasteiger partial charge in [-0.1, -0.05) is 30.3 Å². The third-order valence-corrected chi connectivity index (χ3v) is 6.22. The van der Waals surface area contributed by atoms with Gasteiger partial charge in [0.15, 0.2) is 0 Å². The molecular weight excluding hydrogens is 454 g/mol. The van der Waals surface area contributed by atoms with Crippen LogP contribution in [0.4, 0.5) is 4.79 Å². The first-order valence-electron chi connectivity index (χ1n) is 12.8. The highest BCUT2D eigenvalue weighted by Gasteiger charge is 2.25. The van der Waals surface area contributed by atoms with E-state index < -0.39 is 5.60 Å². The van der Waals surface area contributed by atoms with Crippen molar-refractivity contribution in [2.24, 2.45) is 0 Å². The van der Waals surface area contributed by atoms with Gasteiger partial charge in [0, 0.05) is 51.3 Å². The Bertz CT molecular complexity index is 1160. The fraction of sp³-hybridized carbons (Fsp3) is 0.464. The van der Waals surface area contributed by atoms with Crippen molar-refractivity contribution in [2.75, 3.05) is 39.3 Å². The van der Waals surface area contributed by atoms with Gasteiger partial charge in [0.05, 0.1) is 11.0 Å². The zero-order valence-electron chi connectivity index (χ0n) is 21.6. The number of carbonyl (C=O) groups is 2. The number of aromatic nitrogens is 2. The fourth-order valence-electron chi connectivity index (χ4n) is 4.43. The Labute approximate surface area is 213 Å². The number of rotatable bonds is 8. The first kappa shape index (κ1) is 25.7. The summed E-state index contributed by atoms with van der Waals surface area (Å²) in [7, 11) is 0. The lowest BCUT2D eigenvalue weighted by Gasteiger charge is -2.35. The summed E-state index contributed by atoms with van der Waals surface area (Å²) in [6, 6.07) is 18.2. The van der Waals surface area contributed by atoms with Crippen LogP contribution in [-0.4, -0.2) is 76.2 Å². The Balaban J connectivity index is 1.20. The van der Waals surface area contributed by atoms with E-state index in [4.69, 9.17) is 9.72 Å². The molecule has 2 heterocycles. The largest absolute Gasteiger partial charge is 0.444 e. The van der Waals surface area contributed by atoms with Crippen molar-refractivity contribution in [1.82, 2.24) is 24.7 Å². The summed E-state index contributed by atoms with van der Waals surface area (Å²) < 4.78 is 7.60. The Morgan fingerprint density at radius 2 is 1.67 bits per heavy atom. The van der Waals surface area contributed by atoms with Crippen molar-refractivity contribution in [1.29, 1.82) is 0 Å². The van der Waals surface area contributed by atoms with Crippen LogP contribution < -0.4 is 5.32 Å². The third kappa shape index (κ3) is 6.85. The molecule has 1 aromatic heterocycles. The molecule has 4 rings (SSSR count). The maximum atomic E-state index is 12.5. The number of benzene rings is 2. The fourth-order valence-corrected chi connectivity index (χ4v) is 4.43. The Kier molecular flexibility index (Phi) is 8.25. The molecule has 36 heavy (non-hydrogen) atoms. The number of imidazole rings is 1. The van der Waals surface area contributed by atoms with Crippen molar-refractivity contribution >= 4 is 23.0 Å². The van der Waals surface area contributed by atoms with Gasteiger partial charge in [-0.25, -0.2) is 9.78 Å². The van der Waals surface area contributed by atoms with Crippen molar-refractivity contribution in [3.63, 3.8) is 0 Å². The van der Waals surface area contributed by atoms with Crippen LogP contribution in [0.15, 0.2) is 54.6 Å². The number of carbonyl (C=O) groups excluding carboxylic acids is 2. The predicted octanol–water partition coefficient (Wildman–Crippen LogP) is 4.02. The summed E-state index contributed by atoms with van der Waals surface area (Å²) in [6.45, 7) is 10.2. The van der Waals surface area contributed by atoms with E-state index >= 15 is 0 Å². The third-order valence-electron chi connectivity index (χ3n) is 6.22. The van der Waals surface area contributed by atoms with Gasteiger partial charge in [0.2, 0.25) is 5.91 Å². The molecule has 0 saturated carbocycles. The van der Waals surface area contributed by atoms with E-state index in [0.717, 1.165) is 48.6 Å². The van der Waals surface area contributed by atoms with Gasteiger partial charge >= 0.3 is 6.09 Å². The first-order chi connectivity index (χ1) is 17.3. The standard InChI is InChI=1S/C28H37N5O3/c1-28(2,3)36-27(35)32-20-18-31(19-21-32)17-9-16-29-26(34)15-14-25-30-23-12-7-8-13-24(23)33(25)22-10-5-4-6-11-22/h4-8,10-13H,9,14-21H2,1-3H3,(H,29,34). The highest BCUT2D eigenvalue weighted by atomic mass is 16.6. The minimum Gasteiger partial charge on any atom is -0.444 e. The maximum absolute atomic E-state index is 12.5. The molecule has 2 amide bonds. The van der Waals surface area contributed by atoms with Gasteiger partial charge < -0.3 is 15.0 Å². The molecule has 3 aromatic rings. The van der Waals surface area contributed by atoms with Crippen LogP contribution in [0.3, 0.4) is 0 Å². The summed E-state index contributed by atoms with van der Waals surface area (Å²) >= 11 is 0. The van der Waals surface area contributed by atoms with E-state index in [1.54, 1.807) is 4.90 Å². The van der Waals surface area contributed by atoms with Gasteiger partial charge in [0.1, 0.15) is 11.4 Å². The topological polar surface area (TPSA) is 79.7 Å². The van der Waals surface area contributed by atoms with Crippen LogP contribution in [0.5, 0.6) is 0 Å². The molecule has 0 bridgehead atoms. The molecule has 0 spiro atoms.